The number of nitrogens with one attached hydrogen (secondary N) is 2. The van der Waals surface area contributed by atoms with E-state index in [0.29, 0.717) is 24.8 Å². The van der Waals surface area contributed by atoms with Gasteiger partial charge in [0.15, 0.2) is 5.96 Å². The third-order valence-electron chi connectivity index (χ3n) is 3.67. The molecule has 0 saturated carbocycles. The normalized spacial score (nSPS) is 14.1. The van der Waals surface area contributed by atoms with Gasteiger partial charge < -0.3 is 20.2 Å². The zero-order chi connectivity index (χ0) is 19.2. The van der Waals surface area contributed by atoms with Crippen molar-refractivity contribution in [2.75, 3.05) is 13.1 Å². The summed E-state index contributed by atoms with van der Waals surface area (Å²) in [7, 11) is -3.70. The summed E-state index contributed by atoms with van der Waals surface area (Å²) in [5.41, 5.74) is -0.357. The first kappa shape index (κ1) is 23.4. The van der Waals surface area contributed by atoms with E-state index in [4.69, 9.17) is 9.56 Å². The van der Waals surface area contributed by atoms with Crippen LogP contribution in [0.1, 0.15) is 25.2 Å². The first-order chi connectivity index (χ1) is 12.2. The Kier molecular flexibility index (Phi) is 8.72. The first-order valence-electron chi connectivity index (χ1n) is 8.12. The smallest absolute Gasteiger partial charge is 0.238 e. The maximum absolute atomic E-state index is 11.3. The van der Waals surface area contributed by atoms with E-state index in [0.717, 1.165) is 5.56 Å². The van der Waals surface area contributed by atoms with E-state index < -0.39 is 15.6 Å². The number of halogens is 1. The summed E-state index contributed by atoms with van der Waals surface area (Å²) >= 11 is 0. The monoisotopic (exact) mass is 508 g/mol. The Labute approximate surface area is 176 Å². The van der Waals surface area contributed by atoms with Crippen molar-refractivity contribution < 1.29 is 17.9 Å². The number of hydrogen-bond donors (Lipinski definition) is 4. The molecule has 0 spiro atoms. The highest BCUT2D eigenvalue weighted by Gasteiger charge is 2.26. The number of primary sulfonamides is 1. The maximum Gasteiger partial charge on any atom is 0.238 e. The van der Waals surface area contributed by atoms with Crippen LogP contribution in [0.3, 0.4) is 0 Å². The molecule has 27 heavy (non-hydrogen) atoms. The van der Waals surface area contributed by atoms with E-state index in [9.17, 15) is 13.5 Å². The van der Waals surface area contributed by atoms with Crippen molar-refractivity contribution in [2.45, 2.75) is 30.9 Å². The van der Waals surface area contributed by atoms with Gasteiger partial charge in [-0.25, -0.2) is 18.5 Å². The summed E-state index contributed by atoms with van der Waals surface area (Å²) in [6, 6.07) is 9.63. The van der Waals surface area contributed by atoms with Crippen LogP contribution >= 0.6 is 24.0 Å². The molecule has 0 fully saturated rings. The van der Waals surface area contributed by atoms with Crippen LogP contribution in [-0.4, -0.2) is 32.6 Å². The average molecular weight is 508 g/mol. The molecule has 5 N–H and O–H groups in total. The lowest BCUT2D eigenvalue weighted by Crippen LogP contribution is -2.44. The van der Waals surface area contributed by atoms with Crippen molar-refractivity contribution >= 4 is 40.0 Å². The lowest BCUT2D eigenvalue weighted by Gasteiger charge is -2.22. The number of hydrogen-bond acceptors (Lipinski definition) is 5. The average Bonchev–Trinajstić information content (AvgIpc) is 3.12. The van der Waals surface area contributed by atoms with E-state index in [1.54, 1.807) is 31.2 Å². The predicted molar refractivity (Wildman–Crippen MR) is 114 cm³/mol. The van der Waals surface area contributed by atoms with Gasteiger partial charge in [0.1, 0.15) is 11.4 Å². The van der Waals surface area contributed by atoms with Gasteiger partial charge in [0.25, 0.3) is 0 Å². The van der Waals surface area contributed by atoms with Crippen LogP contribution in [0.2, 0.25) is 0 Å². The molecule has 1 aromatic carbocycles. The quantitative estimate of drug-likeness (QED) is 0.255. The summed E-state index contributed by atoms with van der Waals surface area (Å²) in [6.45, 7) is 4.77. The third-order valence-corrected chi connectivity index (χ3v) is 4.60. The molecule has 2 rings (SSSR count). The van der Waals surface area contributed by atoms with Gasteiger partial charge >= 0.3 is 0 Å². The zero-order valence-corrected chi connectivity index (χ0v) is 18.3. The number of nitrogens with zero attached hydrogens (tertiary/aromatic N) is 1. The minimum atomic E-state index is -3.70. The standard InChI is InChI=1S/C17H24N4O4S.HI/c1-3-19-16(21-12-17(2,22)15-5-4-10-25-15)20-11-13-6-8-14(9-7-13)26(18,23)24;/h4-10,22H,3,11-12H2,1-2H3,(H2,18,23,24)(H2,19,20,21);1H. The van der Waals surface area contributed by atoms with Crippen molar-refractivity contribution in [3.8, 4) is 0 Å². The van der Waals surface area contributed by atoms with Gasteiger partial charge in [-0.2, -0.15) is 0 Å². The lowest BCUT2D eigenvalue weighted by atomic mass is 10.0. The molecule has 0 saturated heterocycles. The topological polar surface area (TPSA) is 130 Å². The van der Waals surface area contributed by atoms with E-state index in [2.05, 4.69) is 15.6 Å². The molecule has 2 aromatic rings. The summed E-state index contributed by atoms with van der Waals surface area (Å²) in [5, 5.41) is 21.7. The molecule has 1 heterocycles. The Hall–Kier alpha value is -1.63. The fourth-order valence-electron chi connectivity index (χ4n) is 2.22. The Morgan fingerprint density at radius 1 is 1.26 bits per heavy atom. The highest BCUT2D eigenvalue weighted by molar-refractivity contribution is 14.0. The minimum absolute atomic E-state index is 0. The van der Waals surface area contributed by atoms with Gasteiger partial charge in [-0.05, 0) is 43.7 Å². The third kappa shape index (κ3) is 7.13. The van der Waals surface area contributed by atoms with Crippen LogP contribution in [0.5, 0.6) is 0 Å². The largest absolute Gasteiger partial charge is 0.466 e. The summed E-state index contributed by atoms with van der Waals surface area (Å²) in [4.78, 5) is 4.49. The van der Waals surface area contributed by atoms with Crippen LogP contribution in [0, 0.1) is 0 Å². The molecule has 1 aromatic heterocycles. The van der Waals surface area contributed by atoms with E-state index >= 15 is 0 Å². The van der Waals surface area contributed by atoms with E-state index in [1.807, 2.05) is 6.92 Å². The SMILES string of the molecule is CCNC(=NCc1ccc(S(N)(=O)=O)cc1)NCC(C)(O)c1ccco1.I. The Bertz CT molecular complexity index is 834. The first-order valence-corrected chi connectivity index (χ1v) is 9.67. The number of rotatable bonds is 7. The molecule has 1 atom stereocenters. The predicted octanol–water partition coefficient (Wildman–Crippen LogP) is 1.51. The molecule has 8 nitrogen and oxygen atoms in total. The van der Waals surface area contributed by atoms with Gasteiger partial charge in [0.2, 0.25) is 10.0 Å². The molecule has 10 heteroatoms. The molecule has 0 aliphatic rings. The van der Waals surface area contributed by atoms with Gasteiger partial charge in [0.05, 0.1) is 24.2 Å². The van der Waals surface area contributed by atoms with E-state index in [-0.39, 0.29) is 35.4 Å². The van der Waals surface area contributed by atoms with Crippen LogP contribution < -0.4 is 15.8 Å². The number of benzene rings is 1. The van der Waals surface area contributed by atoms with Crippen molar-refractivity contribution in [3.05, 3.63) is 54.0 Å². The number of aliphatic imine (C=N–C) groups is 1. The van der Waals surface area contributed by atoms with Crippen LogP contribution in [0.25, 0.3) is 0 Å². The van der Waals surface area contributed by atoms with Crippen molar-refractivity contribution in [2.24, 2.45) is 10.1 Å². The van der Waals surface area contributed by atoms with Crippen LogP contribution in [0.15, 0.2) is 57.0 Å². The molecular weight excluding hydrogens is 483 g/mol. The number of aliphatic hydroxyl groups is 1. The molecule has 1 unspecified atom stereocenters. The zero-order valence-electron chi connectivity index (χ0n) is 15.2. The van der Waals surface area contributed by atoms with Crippen molar-refractivity contribution in [3.63, 3.8) is 0 Å². The number of sulfonamides is 1. The summed E-state index contributed by atoms with van der Waals surface area (Å²) in [5.74, 6) is 0.981. The molecule has 0 radical (unpaired) electrons. The van der Waals surface area contributed by atoms with Gasteiger partial charge in [-0.15, -0.1) is 24.0 Å². The lowest BCUT2D eigenvalue weighted by molar-refractivity contribution is 0.0386. The number of nitrogens with two attached hydrogens (primary N) is 1. The number of guanidine groups is 1. The Balaban J connectivity index is 0.00000364. The van der Waals surface area contributed by atoms with Crippen molar-refractivity contribution in [1.82, 2.24) is 10.6 Å². The highest BCUT2D eigenvalue weighted by Crippen LogP contribution is 2.19. The maximum atomic E-state index is 11.3. The molecule has 0 amide bonds. The van der Waals surface area contributed by atoms with Crippen LogP contribution in [-0.2, 0) is 22.2 Å². The second kappa shape index (κ2) is 10.1. The second-order valence-electron chi connectivity index (χ2n) is 5.99. The highest BCUT2D eigenvalue weighted by atomic mass is 127. The van der Waals surface area contributed by atoms with Gasteiger partial charge in [-0.1, -0.05) is 12.1 Å². The number of furan rings is 1. The molecular formula is C17H25IN4O4S. The van der Waals surface area contributed by atoms with E-state index in [1.165, 1.54) is 18.4 Å². The molecule has 0 bridgehead atoms. The molecule has 0 aliphatic heterocycles. The molecule has 0 aliphatic carbocycles. The molecule has 150 valence electrons. The second-order valence-corrected chi connectivity index (χ2v) is 7.55. The van der Waals surface area contributed by atoms with Gasteiger partial charge in [-0.3, -0.25) is 0 Å². The fourth-order valence-corrected chi connectivity index (χ4v) is 2.74. The fraction of sp³-hybridized carbons (Fsp3) is 0.353. The van der Waals surface area contributed by atoms with Crippen LogP contribution in [0.4, 0.5) is 0 Å². The van der Waals surface area contributed by atoms with Gasteiger partial charge in [0, 0.05) is 6.54 Å². The Morgan fingerprint density at radius 2 is 1.93 bits per heavy atom. The minimum Gasteiger partial charge on any atom is -0.466 e. The summed E-state index contributed by atoms with van der Waals surface area (Å²) in [6.07, 6.45) is 1.51. The Morgan fingerprint density at radius 3 is 2.44 bits per heavy atom. The summed E-state index contributed by atoms with van der Waals surface area (Å²) < 4.78 is 27.8. The van der Waals surface area contributed by atoms with Crippen molar-refractivity contribution in [1.29, 1.82) is 0 Å².